The summed E-state index contributed by atoms with van der Waals surface area (Å²) in [5.41, 5.74) is 1.58. The number of benzene rings is 1. The van der Waals surface area contributed by atoms with E-state index < -0.39 is 0 Å². The lowest BCUT2D eigenvalue weighted by Gasteiger charge is -2.14. The zero-order valence-corrected chi connectivity index (χ0v) is 10.5. The van der Waals surface area contributed by atoms with Gasteiger partial charge < -0.3 is 5.32 Å². The van der Waals surface area contributed by atoms with Crippen molar-refractivity contribution >= 4 is 0 Å². The average molecular weight is 245 g/mol. The molecule has 94 valence electrons. The van der Waals surface area contributed by atoms with Crippen LogP contribution in [0.5, 0.6) is 0 Å². The Bertz CT molecular complexity index is 528. The molecule has 1 aromatic heterocycles. The maximum Gasteiger partial charge on any atom is 0.127 e. The fourth-order valence-electron chi connectivity index (χ4n) is 1.80. The van der Waals surface area contributed by atoms with E-state index in [0.717, 1.165) is 11.5 Å². The quantitative estimate of drug-likeness (QED) is 0.900. The molecule has 0 bridgehead atoms. The van der Waals surface area contributed by atoms with Crippen molar-refractivity contribution in [3.8, 4) is 0 Å². The third-order valence-corrected chi connectivity index (χ3v) is 2.79. The minimum atomic E-state index is -0.184. The van der Waals surface area contributed by atoms with Gasteiger partial charge in [-0.1, -0.05) is 18.2 Å². The molecule has 0 saturated heterocycles. The van der Waals surface area contributed by atoms with Gasteiger partial charge >= 0.3 is 0 Å². The first kappa shape index (κ1) is 12.6. The van der Waals surface area contributed by atoms with Crippen LogP contribution in [-0.2, 0) is 6.54 Å². The van der Waals surface area contributed by atoms with Gasteiger partial charge in [0.05, 0.1) is 5.69 Å². The molecule has 1 atom stereocenters. The minimum absolute atomic E-state index is 0.0542. The van der Waals surface area contributed by atoms with Crippen LogP contribution in [0.1, 0.15) is 30.0 Å². The van der Waals surface area contributed by atoms with Gasteiger partial charge in [0.2, 0.25) is 0 Å². The standard InChI is InChI=1S/C14H16FN3/c1-10(13-5-3-4-6-14(13)15)17-9-12-7-8-16-11(2)18-12/h3-8,10,17H,9H2,1-2H3. The topological polar surface area (TPSA) is 37.8 Å². The van der Waals surface area contributed by atoms with Crippen LogP contribution in [0.4, 0.5) is 4.39 Å². The molecule has 1 unspecified atom stereocenters. The molecule has 2 rings (SSSR count). The largest absolute Gasteiger partial charge is 0.304 e. The van der Waals surface area contributed by atoms with Gasteiger partial charge in [-0.3, -0.25) is 0 Å². The summed E-state index contributed by atoms with van der Waals surface area (Å²) in [6.45, 7) is 4.38. The van der Waals surface area contributed by atoms with E-state index in [-0.39, 0.29) is 11.9 Å². The molecule has 0 radical (unpaired) electrons. The Labute approximate surface area is 106 Å². The first-order valence-electron chi connectivity index (χ1n) is 5.93. The Balaban J connectivity index is 2.00. The summed E-state index contributed by atoms with van der Waals surface area (Å²) in [5.74, 6) is 0.559. The molecule has 0 aliphatic rings. The molecule has 1 heterocycles. The summed E-state index contributed by atoms with van der Waals surface area (Å²) in [5, 5.41) is 3.25. The second-order valence-electron chi connectivity index (χ2n) is 4.22. The van der Waals surface area contributed by atoms with E-state index in [2.05, 4.69) is 15.3 Å². The normalized spacial score (nSPS) is 12.4. The highest BCUT2D eigenvalue weighted by Crippen LogP contribution is 2.16. The predicted molar refractivity (Wildman–Crippen MR) is 68.4 cm³/mol. The van der Waals surface area contributed by atoms with Crippen molar-refractivity contribution in [3.63, 3.8) is 0 Å². The highest BCUT2D eigenvalue weighted by molar-refractivity contribution is 5.20. The predicted octanol–water partition coefficient (Wildman–Crippen LogP) is 2.77. The third-order valence-electron chi connectivity index (χ3n) is 2.79. The highest BCUT2D eigenvalue weighted by atomic mass is 19.1. The molecule has 3 nitrogen and oxygen atoms in total. The monoisotopic (exact) mass is 245 g/mol. The van der Waals surface area contributed by atoms with Crippen LogP contribution in [0.3, 0.4) is 0 Å². The molecule has 0 spiro atoms. The van der Waals surface area contributed by atoms with Crippen molar-refractivity contribution in [1.82, 2.24) is 15.3 Å². The van der Waals surface area contributed by atoms with Gasteiger partial charge in [-0.25, -0.2) is 14.4 Å². The summed E-state index contributed by atoms with van der Waals surface area (Å²) in [7, 11) is 0. The fraction of sp³-hybridized carbons (Fsp3) is 0.286. The molecule has 1 N–H and O–H groups in total. The first-order chi connectivity index (χ1) is 8.66. The Hall–Kier alpha value is -1.81. The number of aromatic nitrogens is 2. The Morgan fingerprint density at radius 2 is 2.06 bits per heavy atom. The van der Waals surface area contributed by atoms with Crippen molar-refractivity contribution in [2.45, 2.75) is 26.4 Å². The van der Waals surface area contributed by atoms with Crippen LogP contribution in [0.25, 0.3) is 0 Å². The van der Waals surface area contributed by atoms with Crippen molar-refractivity contribution in [2.24, 2.45) is 0 Å². The number of hydrogen-bond donors (Lipinski definition) is 1. The molecular weight excluding hydrogens is 229 g/mol. The maximum atomic E-state index is 13.6. The minimum Gasteiger partial charge on any atom is -0.304 e. The van der Waals surface area contributed by atoms with E-state index in [0.29, 0.717) is 12.1 Å². The number of nitrogens with one attached hydrogen (secondary N) is 1. The summed E-state index contributed by atoms with van der Waals surface area (Å²) < 4.78 is 13.6. The molecule has 0 amide bonds. The third kappa shape index (κ3) is 3.11. The first-order valence-corrected chi connectivity index (χ1v) is 5.93. The second kappa shape index (κ2) is 5.69. The SMILES string of the molecule is Cc1nccc(CNC(C)c2ccccc2F)n1. The maximum absolute atomic E-state index is 13.6. The number of nitrogens with zero attached hydrogens (tertiary/aromatic N) is 2. The number of rotatable bonds is 4. The molecule has 0 saturated carbocycles. The molecule has 2 aromatic rings. The smallest absolute Gasteiger partial charge is 0.127 e. The van der Waals surface area contributed by atoms with Gasteiger partial charge in [0.1, 0.15) is 11.6 Å². The van der Waals surface area contributed by atoms with E-state index in [1.54, 1.807) is 18.3 Å². The Morgan fingerprint density at radius 3 is 2.78 bits per heavy atom. The van der Waals surface area contributed by atoms with Crippen molar-refractivity contribution in [3.05, 3.63) is 59.4 Å². The van der Waals surface area contributed by atoms with Crippen LogP contribution in [-0.4, -0.2) is 9.97 Å². The molecule has 0 aliphatic heterocycles. The van der Waals surface area contributed by atoms with Gasteiger partial charge in [-0.15, -0.1) is 0 Å². The lowest BCUT2D eigenvalue weighted by Crippen LogP contribution is -2.20. The molecule has 4 heteroatoms. The van der Waals surface area contributed by atoms with Gasteiger partial charge in [0.15, 0.2) is 0 Å². The summed E-state index contributed by atoms with van der Waals surface area (Å²) >= 11 is 0. The molecular formula is C14H16FN3. The highest BCUT2D eigenvalue weighted by Gasteiger charge is 2.09. The summed E-state index contributed by atoms with van der Waals surface area (Å²) in [4.78, 5) is 8.33. The number of halogens is 1. The Kier molecular flexibility index (Phi) is 3.99. The van der Waals surface area contributed by atoms with Crippen LogP contribution < -0.4 is 5.32 Å². The molecule has 18 heavy (non-hydrogen) atoms. The van der Waals surface area contributed by atoms with E-state index in [4.69, 9.17) is 0 Å². The van der Waals surface area contributed by atoms with Gasteiger partial charge in [0, 0.05) is 24.3 Å². The Morgan fingerprint density at radius 1 is 1.28 bits per heavy atom. The van der Waals surface area contributed by atoms with E-state index >= 15 is 0 Å². The average Bonchev–Trinajstić information content (AvgIpc) is 2.37. The molecule has 1 aromatic carbocycles. The zero-order chi connectivity index (χ0) is 13.0. The lowest BCUT2D eigenvalue weighted by molar-refractivity contribution is 0.524. The second-order valence-corrected chi connectivity index (χ2v) is 4.22. The van der Waals surface area contributed by atoms with Gasteiger partial charge in [-0.05, 0) is 26.0 Å². The lowest BCUT2D eigenvalue weighted by atomic mass is 10.1. The van der Waals surface area contributed by atoms with Gasteiger partial charge in [-0.2, -0.15) is 0 Å². The summed E-state index contributed by atoms with van der Waals surface area (Å²) in [6.07, 6.45) is 1.73. The molecule has 0 aliphatic carbocycles. The van der Waals surface area contributed by atoms with Crippen LogP contribution in [0.15, 0.2) is 36.5 Å². The van der Waals surface area contributed by atoms with Crippen LogP contribution in [0.2, 0.25) is 0 Å². The fourth-order valence-corrected chi connectivity index (χ4v) is 1.80. The summed E-state index contributed by atoms with van der Waals surface area (Å²) in [6, 6.07) is 8.60. The number of aryl methyl sites for hydroxylation is 1. The van der Waals surface area contributed by atoms with Crippen molar-refractivity contribution in [2.75, 3.05) is 0 Å². The van der Waals surface area contributed by atoms with E-state index in [9.17, 15) is 4.39 Å². The van der Waals surface area contributed by atoms with Crippen molar-refractivity contribution < 1.29 is 4.39 Å². The van der Waals surface area contributed by atoms with E-state index in [1.807, 2.05) is 26.0 Å². The van der Waals surface area contributed by atoms with Gasteiger partial charge in [0.25, 0.3) is 0 Å². The van der Waals surface area contributed by atoms with Crippen LogP contribution >= 0.6 is 0 Å². The van der Waals surface area contributed by atoms with Crippen molar-refractivity contribution in [1.29, 1.82) is 0 Å². The number of hydrogen-bond acceptors (Lipinski definition) is 3. The zero-order valence-electron chi connectivity index (χ0n) is 10.5. The van der Waals surface area contributed by atoms with Crippen LogP contribution in [0, 0.1) is 12.7 Å². The van der Waals surface area contributed by atoms with E-state index in [1.165, 1.54) is 6.07 Å². The molecule has 0 fully saturated rings.